The van der Waals surface area contributed by atoms with Crippen LogP contribution in [0.4, 0.5) is 0 Å². The van der Waals surface area contributed by atoms with E-state index in [2.05, 4.69) is 15.2 Å². The number of benzene rings is 2. The number of hydrogen-bond donors (Lipinski definition) is 1. The van der Waals surface area contributed by atoms with Crippen LogP contribution in [0.2, 0.25) is 0 Å². The van der Waals surface area contributed by atoms with E-state index in [1.807, 2.05) is 54.8 Å². The van der Waals surface area contributed by atoms with Gasteiger partial charge in [0.2, 0.25) is 5.91 Å². The first-order chi connectivity index (χ1) is 16.1. The molecule has 1 fully saturated rings. The molecule has 33 heavy (non-hydrogen) atoms. The molecule has 1 aliphatic rings. The molecule has 1 saturated heterocycles. The van der Waals surface area contributed by atoms with Crippen LogP contribution in [0.5, 0.6) is 0 Å². The summed E-state index contributed by atoms with van der Waals surface area (Å²) >= 11 is 1.44. The highest BCUT2D eigenvalue weighted by molar-refractivity contribution is 7.16. The quantitative estimate of drug-likeness (QED) is 0.567. The van der Waals surface area contributed by atoms with Gasteiger partial charge in [-0.1, -0.05) is 54.5 Å². The number of carbonyl (C=O) groups excluding carboxylic acids is 2. The second-order valence-corrected chi connectivity index (χ2v) is 9.63. The maximum Gasteiger partial charge on any atom is 0.279 e. The van der Waals surface area contributed by atoms with Crippen LogP contribution in [0.15, 0.2) is 53.5 Å². The van der Waals surface area contributed by atoms with E-state index in [-0.39, 0.29) is 11.8 Å². The first kappa shape index (κ1) is 23.4. The van der Waals surface area contributed by atoms with Gasteiger partial charge >= 0.3 is 0 Å². The number of likely N-dealkylation sites (tertiary alicyclic amines) is 1. The molecule has 174 valence electrons. The molecule has 0 radical (unpaired) electrons. The molecule has 0 spiro atoms. The summed E-state index contributed by atoms with van der Waals surface area (Å²) in [6.45, 7) is 7.72. The van der Waals surface area contributed by atoms with Crippen LogP contribution in [-0.4, -0.2) is 47.5 Å². The molecule has 1 aliphatic heterocycles. The van der Waals surface area contributed by atoms with Crippen molar-refractivity contribution in [2.24, 2.45) is 4.99 Å². The van der Waals surface area contributed by atoms with E-state index in [1.54, 1.807) is 12.1 Å². The van der Waals surface area contributed by atoms with Gasteiger partial charge in [0, 0.05) is 18.7 Å². The van der Waals surface area contributed by atoms with E-state index in [1.165, 1.54) is 30.6 Å². The van der Waals surface area contributed by atoms with Gasteiger partial charge in [0.25, 0.3) is 5.91 Å². The second-order valence-electron chi connectivity index (χ2n) is 8.62. The molecule has 0 bridgehead atoms. The number of para-hydroxylation sites is 1. The molecule has 1 unspecified atom stereocenters. The standard InChI is InChI=1S/C26H32N4O2S/c1-3-21(25(32)27-15-18-29-16-7-4-8-17-29)30-22-9-5-6-10-23(22)33-26(30)28-24(31)20-13-11-19(2)12-14-20/h5-6,9-14,21H,3-4,7-8,15-18H2,1-2H3,(H,27,32). The van der Waals surface area contributed by atoms with Crippen molar-refractivity contribution in [3.05, 3.63) is 64.5 Å². The lowest BCUT2D eigenvalue weighted by Crippen LogP contribution is -2.41. The van der Waals surface area contributed by atoms with Crippen molar-refractivity contribution >= 4 is 33.4 Å². The summed E-state index contributed by atoms with van der Waals surface area (Å²) in [7, 11) is 0. The van der Waals surface area contributed by atoms with Crippen molar-refractivity contribution in [1.29, 1.82) is 0 Å². The molecule has 0 saturated carbocycles. The predicted octanol–water partition coefficient (Wildman–Crippen LogP) is 4.31. The molecule has 4 rings (SSSR count). The monoisotopic (exact) mass is 464 g/mol. The Kier molecular flexibility index (Phi) is 7.73. The Hall–Kier alpha value is -2.77. The number of amides is 2. The third-order valence-corrected chi connectivity index (χ3v) is 7.24. The summed E-state index contributed by atoms with van der Waals surface area (Å²) in [4.78, 5) is 33.6. The largest absolute Gasteiger partial charge is 0.353 e. The van der Waals surface area contributed by atoms with E-state index in [0.29, 0.717) is 23.3 Å². The van der Waals surface area contributed by atoms with Crippen LogP contribution in [0, 0.1) is 6.92 Å². The molecule has 2 aromatic carbocycles. The average Bonchev–Trinajstić information content (AvgIpc) is 3.18. The van der Waals surface area contributed by atoms with E-state index >= 15 is 0 Å². The normalized spacial score (nSPS) is 16.1. The second kappa shape index (κ2) is 10.9. The Morgan fingerprint density at radius 3 is 2.52 bits per heavy atom. The van der Waals surface area contributed by atoms with Crippen molar-refractivity contribution < 1.29 is 9.59 Å². The van der Waals surface area contributed by atoms with Crippen molar-refractivity contribution in [3.8, 4) is 0 Å². The Balaban J connectivity index is 1.61. The molecular weight excluding hydrogens is 432 g/mol. The van der Waals surface area contributed by atoms with Gasteiger partial charge < -0.3 is 14.8 Å². The minimum absolute atomic E-state index is 0.0257. The maximum absolute atomic E-state index is 13.2. The first-order valence-electron chi connectivity index (χ1n) is 11.8. The Labute approximate surface area is 199 Å². The summed E-state index contributed by atoms with van der Waals surface area (Å²) in [6, 6.07) is 14.9. The van der Waals surface area contributed by atoms with Crippen molar-refractivity contribution in [3.63, 3.8) is 0 Å². The van der Waals surface area contributed by atoms with Gasteiger partial charge in [-0.25, -0.2) is 0 Å². The molecule has 7 heteroatoms. The topological polar surface area (TPSA) is 66.7 Å². The summed E-state index contributed by atoms with van der Waals surface area (Å²) in [5, 5.41) is 3.13. The molecule has 1 atom stereocenters. The van der Waals surface area contributed by atoms with Gasteiger partial charge in [-0.3, -0.25) is 9.59 Å². The maximum atomic E-state index is 13.2. The van der Waals surface area contributed by atoms with Gasteiger partial charge in [-0.05, 0) is 63.5 Å². The van der Waals surface area contributed by atoms with Gasteiger partial charge in [0.05, 0.1) is 10.2 Å². The molecule has 0 aliphatic carbocycles. The van der Waals surface area contributed by atoms with Crippen LogP contribution in [0.25, 0.3) is 10.2 Å². The number of nitrogens with zero attached hydrogens (tertiary/aromatic N) is 3. The minimum Gasteiger partial charge on any atom is -0.353 e. The number of thiazole rings is 1. The van der Waals surface area contributed by atoms with Crippen LogP contribution in [0.1, 0.15) is 54.6 Å². The van der Waals surface area contributed by atoms with Crippen LogP contribution in [0.3, 0.4) is 0 Å². The summed E-state index contributed by atoms with van der Waals surface area (Å²) < 4.78 is 2.94. The van der Waals surface area contributed by atoms with Gasteiger partial charge in [0.1, 0.15) is 6.04 Å². The fourth-order valence-electron chi connectivity index (χ4n) is 4.34. The Morgan fingerprint density at radius 1 is 1.06 bits per heavy atom. The lowest BCUT2D eigenvalue weighted by molar-refractivity contribution is -0.124. The van der Waals surface area contributed by atoms with E-state index < -0.39 is 6.04 Å². The number of hydrogen-bond acceptors (Lipinski definition) is 4. The number of rotatable bonds is 7. The zero-order valence-corrected chi connectivity index (χ0v) is 20.2. The van der Waals surface area contributed by atoms with Crippen molar-refractivity contribution in [2.75, 3.05) is 26.2 Å². The lowest BCUT2D eigenvalue weighted by Gasteiger charge is -2.26. The van der Waals surface area contributed by atoms with Crippen LogP contribution in [-0.2, 0) is 4.79 Å². The fourth-order valence-corrected chi connectivity index (χ4v) is 5.41. The highest BCUT2D eigenvalue weighted by Gasteiger charge is 2.23. The van der Waals surface area contributed by atoms with E-state index in [4.69, 9.17) is 0 Å². The third kappa shape index (κ3) is 5.60. The highest BCUT2D eigenvalue weighted by atomic mass is 32.1. The number of aryl methyl sites for hydroxylation is 1. The third-order valence-electron chi connectivity index (χ3n) is 6.20. The smallest absolute Gasteiger partial charge is 0.279 e. The predicted molar refractivity (Wildman–Crippen MR) is 134 cm³/mol. The first-order valence-corrected chi connectivity index (χ1v) is 12.6. The fraction of sp³-hybridized carbons (Fsp3) is 0.423. The number of aromatic nitrogens is 1. The molecule has 1 aromatic heterocycles. The SMILES string of the molecule is CCC(C(=O)NCCN1CCCCC1)n1c(=NC(=O)c2ccc(C)cc2)sc2ccccc21. The Morgan fingerprint density at radius 2 is 1.79 bits per heavy atom. The van der Waals surface area contributed by atoms with Gasteiger partial charge in [-0.15, -0.1) is 0 Å². The zero-order chi connectivity index (χ0) is 23.2. The Bertz CT molecular complexity index is 1170. The molecule has 3 aromatic rings. The minimum atomic E-state index is -0.424. The molecule has 1 N–H and O–H groups in total. The number of piperidine rings is 1. The molecular formula is C26H32N4O2S. The summed E-state index contributed by atoms with van der Waals surface area (Å²) in [5.74, 6) is -0.321. The van der Waals surface area contributed by atoms with Crippen LogP contribution < -0.4 is 10.1 Å². The van der Waals surface area contributed by atoms with E-state index in [9.17, 15) is 9.59 Å². The summed E-state index contributed by atoms with van der Waals surface area (Å²) in [5.41, 5.74) is 2.57. The van der Waals surface area contributed by atoms with Crippen molar-refractivity contribution in [2.45, 2.75) is 45.6 Å². The lowest BCUT2D eigenvalue weighted by atomic mass is 10.1. The number of nitrogens with one attached hydrogen (secondary N) is 1. The van der Waals surface area contributed by atoms with Crippen molar-refractivity contribution in [1.82, 2.24) is 14.8 Å². The van der Waals surface area contributed by atoms with Gasteiger partial charge in [0.15, 0.2) is 4.80 Å². The average molecular weight is 465 g/mol. The van der Waals surface area contributed by atoms with Gasteiger partial charge in [-0.2, -0.15) is 4.99 Å². The highest BCUT2D eigenvalue weighted by Crippen LogP contribution is 2.23. The van der Waals surface area contributed by atoms with Crippen LogP contribution >= 0.6 is 11.3 Å². The zero-order valence-electron chi connectivity index (χ0n) is 19.4. The number of carbonyl (C=O) groups is 2. The molecule has 6 nitrogen and oxygen atoms in total. The summed E-state index contributed by atoms with van der Waals surface area (Å²) in [6.07, 6.45) is 4.39. The molecule has 2 heterocycles. The van der Waals surface area contributed by atoms with E-state index in [0.717, 1.165) is 35.4 Å². The molecule has 2 amide bonds. The number of fused-ring (bicyclic) bond motifs is 1.